The fourth-order valence-electron chi connectivity index (χ4n) is 0.747. The lowest BCUT2D eigenvalue weighted by Gasteiger charge is -1.81. The van der Waals surface area contributed by atoms with Crippen molar-refractivity contribution in [3.05, 3.63) is 48.6 Å². The Bertz CT molecular complexity index is 315. The molecule has 15 heavy (non-hydrogen) atoms. The number of rotatable bonds is 0. The van der Waals surface area contributed by atoms with Gasteiger partial charge in [0.25, 0.3) is 0 Å². The minimum Gasteiger partial charge on any atom is -0.412 e. The SMILES string of the molecule is Cc1cncnc1.Cc1cncnc1.O. The van der Waals surface area contributed by atoms with Gasteiger partial charge in [0, 0.05) is 24.8 Å². The second-order valence-corrected chi connectivity index (χ2v) is 2.83. The highest BCUT2D eigenvalue weighted by atomic mass is 16.0. The highest BCUT2D eigenvalue weighted by Gasteiger charge is 1.74. The van der Waals surface area contributed by atoms with Crippen LogP contribution in [0.1, 0.15) is 11.1 Å². The van der Waals surface area contributed by atoms with E-state index in [4.69, 9.17) is 0 Å². The molecular weight excluding hydrogens is 192 g/mol. The van der Waals surface area contributed by atoms with Crippen molar-refractivity contribution in [1.29, 1.82) is 0 Å². The van der Waals surface area contributed by atoms with E-state index in [0.29, 0.717) is 0 Å². The van der Waals surface area contributed by atoms with Crippen LogP contribution >= 0.6 is 0 Å². The summed E-state index contributed by atoms with van der Waals surface area (Å²) >= 11 is 0. The molecule has 2 rings (SSSR count). The molecule has 2 aromatic heterocycles. The van der Waals surface area contributed by atoms with Gasteiger partial charge >= 0.3 is 0 Å². The molecule has 0 aliphatic heterocycles. The maximum Gasteiger partial charge on any atom is 0.115 e. The third-order valence-electron chi connectivity index (χ3n) is 1.38. The fourth-order valence-corrected chi connectivity index (χ4v) is 0.747. The first kappa shape index (κ1) is 13.1. The van der Waals surface area contributed by atoms with Crippen molar-refractivity contribution in [3.8, 4) is 0 Å². The third kappa shape index (κ3) is 6.23. The van der Waals surface area contributed by atoms with Crippen LogP contribution in [0, 0.1) is 13.8 Å². The minimum atomic E-state index is 0. The molecule has 0 unspecified atom stereocenters. The van der Waals surface area contributed by atoms with Gasteiger partial charge in [-0.25, -0.2) is 19.9 Å². The smallest absolute Gasteiger partial charge is 0.115 e. The van der Waals surface area contributed by atoms with Crippen LogP contribution in [-0.4, -0.2) is 25.4 Å². The van der Waals surface area contributed by atoms with E-state index in [-0.39, 0.29) is 5.48 Å². The number of hydrogen-bond acceptors (Lipinski definition) is 4. The van der Waals surface area contributed by atoms with E-state index in [0.717, 1.165) is 11.1 Å². The van der Waals surface area contributed by atoms with Gasteiger partial charge in [-0.1, -0.05) is 0 Å². The molecule has 0 aromatic carbocycles. The molecule has 80 valence electrons. The van der Waals surface area contributed by atoms with Crippen molar-refractivity contribution in [2.75, 3.05) is 0 Å². The van der Waals surface area contributed by atoms with Crippen molar-refractivity contribution in [1.82, 2.24) is 19.9 Å². The van der Waals surface area contributed by atoms with Crippen LogP contribution in [0.25, 0.3) is 0 Å². The molecule has 0 radical (unpaired) electrons. The molecule has 5 heteroatoms. The Morgan fingerprint density at radius 3 is 1.07 bits per heavy atom. The van der Waals surface area contributed by atoms with Gasteiger partial charge in [-0.2, -0.15) is 0 Å². The maximum absolute atomic E-state index is 3.77. The zero-order valence-electron chi connectivity index (χ0n) is 8.75. The fraction of sp³-hybridized carbons (Fsp3) is 0.200. The summed E-state index contributed by atoms with van der Waals surface area (Å²) in [6.45, 7) is 3.92. The van der Waals surface area contributed by atoms with E-state index >= 15 is 0 Å². The Balaban J connectivity index is 0.000000245. The average Bonchev–Trinajstić information content (AvgIpc) is 2.21. The Hall–Kier alpha value is -1.88. The molecule has 0 aliphatic rings. The van der Waals surface area contributed by atoms with Crippen molar-refractivity contribution in [2.45, 2.75) is 13.8 Å². The first-order valence-electron chi connectivity index (χ1n) is 4.22. The van der Waals surface area contributed by atoms with Crippen molar-refractivity contribution in [3.63, 3.8) is 0 Å². The van der Waals surface area contributed by atoms with Gasteiger partial charge in [-0.15, -0.1) is 0 Å². The summed E-state index contributed by atoms with van der Waals surface area (Å²) in [6, 6.07) is 0. The number of nitrogens with zero attached hydrogens (tertiary/aromatic N) is 4. The molecule has 2 aromatic rings. The predicted octanol–water partition coefficient (Wildman–Crippen LogP) is 0.745. The molecule has 0 saturated carbocycles. The average molecular weight is 206 g/mol. The van der Waals surface area contributed by atoms with Crippen LogP contribution < -0.4 is 0 Å². The van der Waals surface area contributed by atoms with Gasteiger partial charge in [0.1, 0.15) is 12.7 Å². The maximum atomic E-state index is 3.77. The van der Waals surface area contributed by atoms with Crippen LogP contribution in [-0.2, 0) is 0 Å². The molecule has 0 spiro atoms. The standard InChI is InChI=1S/2C5H6N2.H2O/c2*1-5-2-6-4-7-3-5;/h2*2-4H,1H3;1H2. The Kier molecular flexibility index (Phi) is 6.57. The van der Waals surface area contributed by atoms with Crippen LogP contribution in [0.5, 0.6) is 0 Å². The summed E-state index contributed by atoms with van der Waals surface area (Å²) < 4.78 is 0. The summed E-state index contributed by atoms with van der Waals surface area (Å²) in [5, 5.41) is 0. The Morgan fingerprint density at radius 1 is 0.667 bits per heavy atom. The third-order valence-corrected chi connectivity index (χ3v) is 1.38. The van der Waals surface area contributed by atoms with E-state index in [1.807, 2.05) is 13.8 Å². The molecule has 0 atom stereocenters. The molecule has 0 fully saturated rings. The Morgan fingerprint density at radius 2 is 0.933 bits per heavy atom. The van der Waals surface area contributed by atoms with E-state index in [2.05, 4.69) is 19.9 Å². The quantitative estimate of drug-likeness (QED) is 0.636. The summed E-state index contributed by atoms with van der Waals surface area (Å²) in [5.41, 5.74) is 2.20. The van der Waals surface area contributed by atoms with Gasteiger partial charge in [-0.05, 0) is 25.0 Å². The molecule has 0 aliphatic carbocycles. The predicted molar refractivity (Wildman–Crippen MR) is 57.2 cm³/mol. The zero-order valence-corrected chi connectivity index (χ0v) is 8.75. The molecule has 0 bridgehead atoms. The number of hydrogen-bond donors (Lipinski definition) is 0. The van der Waals surface area contributed by atoms with Crippen molar-refractivity contribution in [2.24, 2.45) is 0 Å². The zero-order chi connectivity index (χ0) is 10.2. The highest BCUT2D eigenvalue weighted by Crippen LogP contribution is 1.84. The second-order valence-electron chi connectivity index (χ2n) is 2.83. The normalized spacial score (nSPS) is 8.13. The topological polar surface area (TPSA) is 83.1 Å². The Labute approximate surface area is 88.6 Å². The molecule has 0 amide bonds. The van der Waals surface area contributed by atoms with Gasteiger partial charge < -0.3 is 5.48 Å². The minimum absolute atomic E-state index is 0. The van der Waals surface area contributed by atoms with Crippen LogP contribution in [0.15, 0.2) is 37.4 Å². The van der Waals surface area contributed by atoms with E-state index in [1.165, 1.54) is 12.7 Å². The van der Waals surface area contributed by atoms with Crippen LogP contribution in [0.3, 0.4) is 0 Å². The van der Waals surface area contributed by atoms with Gasteiger partial charge in [0.05, 0.1) is 0 Å². The molecular formula is C10H14N4O. The first-order chi connectivity index (χ1) is 6.79. The lowest BCUT2D eigenvalue weighted by Crippen LogP contribution is -1.75. The van der Waals surface area contributed by atoms with Gasteiger partial charge in [0.15, 0.2) is 0 Å². The van der Waals surface area contributed by atoms with Gasteiger partial charge in [0.2, 0.25) is 0 Å². The molecule has 5 nitrogen and oxygen atoms in total. The van der Waals surface area contributed by atoms with E-state index in [1.54, 1.807) is 24.8 Å². The van der Waals surface area contributed by atoms with Crippen molar-refractivity contribution < 1.29 is 5.48 Å². The van der Waals surface area contributed by atoms with Crippen LogP contribution in [0.2, 0.25) is 0 Å². The monoisotopic (exact) mass is 206 g/mol. The first-order valence-corrected chi connectivity index (χ1v) is 4.22. The van der Waals surface area contributed by atoms with E-state index in [9.17, 15) is 0 Å². The lowest BCUT2D eigenvalue weighted by atomic mass is 10.4. The summed E-state index contributed by atoms with van der Waals surface area (Å²) in [7, 11) is 0. The largest absolute Gasteiger partial charge is 0.412 e. The van der Waals surface area contributed by atoms with E-state index < -0.39 is 0 Å². The van der Waals surface area contributed by atoms with Crippen molar-refractivity contribution >= 4 is 0 Å². The summed E-state index contributed by atoms with van der Waals surface area (Å²) in [4.78, 5) is 15.1. The lowest BCUT2D eigenvalue weighted by molar-refractivity contribution is 0.824. The number of aromatic nitrogens is 4. The second kappa shape index (κ2) is 7.52. The number of aryl methyl sites for hydroxylation is 2. The molecule has 2 N–H and O–H groups in total. The molecule has 2 heterocycles. The van der Waals surface area contributed by atoms with Gasteiger partial charge in [-0.3, -0.25) is 0 Å². The summed E-state index contributed by atoms with van der Waals surface area (Å²) in [5.74, 6) is 0. The highest BCUT2D eigenvalue weighted by molar-refractivity contribution is 4.97. The molecule has 0 saturated heterocycles. The van der Waals surface area contributed by atoms with Crippen LogP contribution in [0.4, 0.5) is 0 Å². The summed E-state index contributed by atoms with van der Waals surface area (Å²) in [6.07, 6.45) is 10.1.